The molecule has 144 valence electrons. The number of carbonyl (C=O) groups excluding carboxylic acids is 1. The van der Waals surface area contributed by atoms with E-state index in [1.165, 1.54) is 17.8 Å². The van der Waals surface area contributed by atoms with Crippen molar-refractivity contribution in [1.29, 1.82) is 0 Å². The first-order valence-corrected chi connectivity index (χ1v) is 9.77. The number of rotatable bonds is 7. The molecular weight excluding hydrogens is 399 g/mol. The van der Waals surface area contributed by atoms with E-state index in [1.807, 2.05) is 0 Å². The first-order chi connectivity index (χ1) is 13.5. The van der Waals surface area contributed by atoms with E-state index in [0.717, 1.165) is 0 Å². The summed E-state index contributed by atoms with van der Waals surface area (Å²) in [5.41, 5.74) is 0.962. The summed E-state index contributed by atoms with van der Waals surface area (Å²) in [4.78, 5) is 12.5. The minimum absolute atomic E-state index is 0.201. The number of halogens is 2. The molecule has 0 bridgehead atoms. The van der Waals surface area contributed by atoms with Crippen LogP contribution >= 0.6 is 23.4 Å². The summed E-state index contributed by atoms with van der Waals surface area (Å²) in [6.45, 7) is 5.90. The van der Waals surface area contributed by atoms with Crippen molar-refractivity contribution < 1.29 is 9.18 Å². The second-order valence-electron chi connectivity index (χ2n) is 5.94. The largest absolute Gasteiger partial charge is 0.325 e. The number of carbonyl (C=O) groups is 1. The molecule has 3 aromatic rings. The third-order valence-electron chi connectivity index (χ3n) is 3.89. The van der Waals surface area contributed by atoms with E-state index in [2.05, 4.69) is 22.1 Å². The van der Waals surface area contributed by atoms with Gasteiger partial charge in [-0.15, -0.1) is 16.8 Å². The van der Waals surface area contributed by atoms with Crippen LogP contribution in [0.1, 0.15) is 6.92 Å². The summed E-state index contributed by atoms with van der Waals surface area (Å²) in [5, 5.41) is 11.7. The number of aromatic nitrogens is 3. The maximum absolute atomic E-state index is 14.2. The number of hydrogen-bond acceptors (Lipinski definition) is 4. The molecule has 1 aromatic heterocycles. The summed E-state index contributed by atoms with van der Waals surface area (Å²) >= 11 is 7.19. The molecule has 8 heteroatoms. The zero-order chi connectivity index (χ0) is 20.1. The van der Waals surface area contributed by atoms with Crippen LogP contribution in [-0.4, -0.2) is 25.9 Å². The van der Waals surface area contributed by atoms with Crippen LogP contribution in [0.4, 0.5) is 10.1 Å². The lowest BCUT2D eigenvalue weighted by atomic mass is 10.2. The molecule has 0 radical (unpaired) electrons. The monoisotopic (exact) mass is 416 g/mol. The van der Waals surface area contributed by atoms with Gasteiger partial charge < -0.3 is 5.32 Å². The maximum atomic E-state index is 14.2. The third-order valence-corrected chi connectivity index (χ3v) is 5.20. The lowest BCUT2D eigenvalue weighted by Gasteiger charge is -2.13. The van der Waals surface area contributed by atoms with Crippen molar-refractivity contribution in [2.75, 3.05) is 5.32 Å². The molecule has 1 unspecified atom stereocenters. The molecule has 3 rings (SSSR count). The second kappa shape index (κ2) is 9.03. The molecule has 1 N–H and O–H groups in total. The van der Waals surface area contributed by atoms with Crippen LogP contribution in [0, 0.1) is 5.82 Å². The average Bonchev–Trinajstić information content (AvgIpc) is 3.04. The summed E-state index contributed by atoms with van der Waals surface area (Å²) in [7, 11) is 0. The standard InChI is InChI=1S/C20H18ClFN4OS/c1-3-11-26-18(16-9-4-5-10-17(16)22)24-25-20(26)28-13(2)19(27)23-15-8-6-7-14(21)12-15/h3-10,12-13H,1,11H2,2H3,(H,23,27). The maximum Gasteiger partial charge on any atom is 0.237 e. The summed E-state index contributed by atoms with van der Waals surface area (Å²) in [6.07, 6.45) is 1.68. The molecule has 1 heterocycles. The Hall–Kier alpha value is -2.64. The summed E-state index contributed by atoms with van der Waals surface area (Å²) in [5.74, 6) is -0.195. The first-order valence-electron chi connectivity index (χ1n) is 8.51. The van der Waals surface area contributed by atoms with E-state index < -0.39 is 5.25 Å². The number of thioether (sulfide) groups is 1. The van der Waals surface area contributed by atoms with E-state index in [1.54, 1.807) is 60.0 Å². The molecule has 0 aliphatic carbocycles. The number of allylic oxidation sites excluding steroid dienone is 1. The van der Waals surface area contributed by atoms with Gasteiger partial charge in [0.05, 0.1) is 10.8 Å². The molecule has 2 aromatic carbocycles. The second-order valence-corrected chi connectivity index (χ2v) is 7.69. The predicted molar refractivity (Wildman–Crippen MR) is 111 cm³/mol. The van der Waals surface area contributed by atoms with Gasteiger partial charge in [-0.3, -0.25) is 9.36 Å². The normalized spacial score (nSPS) is 11.8. The molecular formula is C20H18ClFN4OS. The van der Waals surface area contributed by atoms with Gasteiger partial charge in [0.2, 0.25) is 5.91 Å². The van der Waals surface area contributed by atoms with Crippen molar-refractivity contribution in [1.82, 2.24) is 14.8 Å². The molecule has 0 aliphatic heterocycles. The minimum Gasteiger partial charge on any atom is -0.325 e. The summed E-state index contributed by atoms with van der Waals surface area (Å²) in [6, 6.07) is 13.3. The predicted octanol–water partition coefficient (Wildman–Crippen LogP) is 5.04. The van der Waals surface area contributed by atoms with E-state index >= 15 is 0 Å². The Kier molecular flexibility index (Phi) is 6.49. The summed E-state index contributed by atoms with van der Waals surface area (Å²) < 4.78 is 15.9. The van der Waals surface area contributed by atoms with Crippen LogP contribution in [0.25, 0.3) is 11.4 Å². The van der Waals surface area contributed by atoms with Gasteiger partial charge in [0.1, 0.15) is 5.82 Å². The fourth-order valence-electron chi connectivity index (χ4n) is 2.53. The van der Waals surface area contributed by atoms with Gasteiger partial charge in [-0.1, -0.05) is 47.6 Å². The Morgan fingerprint density at radius 2 is 2.11 bits per heavy atom. The number of anilines is 1. The average molecular weight is 417 g/mol. The van der Waals surface area contributed by atoms with Crippen molar-refractivity contribution in [2.45, 2.75) is 23.9 Å². The van der Waals surface area contributed by atoms with Gasteiger partial charge in [-0.05, 0) is 37.3 Å². The van der Waals surface area contributed by atoms with Gasteiger partial charge >= 0.3 is 0 Å². The quantitative estimate of drug-likeness (QED) is 0.433. The van der Waals surface area contributed by atoms with E-state index in [9.17, 15) is 9.18 Å². The van der Waals surface area contributed by atoms with E-state index in [4.69, 9.17) is 11.6 Å². The number of nitrogens with one attached hydrogen (secondary N) is 1. The van der Waals surface area contributed by atoms with Gasteiger partial charge in [0.15, 0.2) is 11.0 Å². The molecule has 28 heavy (non-hydrogen) atoms. The molecule has 0 saturated carbocycles. The highest BCUT2D eigenvalue weighted by Crippen LogP contribution is 2.28. The van der Waals surface area contributed by atoms with Gasteiger partial charge in [0, 0.05) is 17.3 Å². The Bertz CT molecular complexity index is 1010. The molecule has 0 spiro atoms. The van der Waals surface area contributed by atoms with Crippen molar-refractivity contribution in [3.05, 3.63) is 72.0 Å². The highest BCUT2D eigenvalue weighted by atomic mass is 35.5. The lowest BCUT2D eigenvalue weighted by molar-refractivity contribution is -0.115. The van der Waals surface area contributed by atoms with Gasteiger partial charge in [-0.2, -0.15) is 0 Å². The van der Waals surface area contributed by atoms with Crippen LogP contribution in [-0.2, 0) is 11.3 Å². The Labute approximate surface area is 171 Å². The molecule has 0 aliphatic rings. The van der Waals surface area contributed by atoms with Crippen molar-refractivity contribution in [3.8, 4) is 11.4 Å². The van der Waals surface area contributed by atoms with E-state index in [0.29, 0.717) is 33.8 Å². The van der Waals surface area contributed by atoms with Crippen molar-refractivity contribution in [2.24, 2.45) is 0 Å². The van der Waals surface area contributed by atoms with Crippen LogP contribution in [0.2, 0.25) is 5.02 Å². The fraction of sp³-hybridized carbons (Fsp3) is 0.150. The van der Waals surface area contributed by atoms with Crippen molar-refractivity contribution in [3.63, 3.8) is 0 Å². The van der Waals surface area contributed by atoms with Crippen LogP contribution < -0.4 is 5.32 Å². The Morgan fingerprint density at radius 1 is 1.32 bits per heavy atom. The Balaban J connectivity index is 1.80. The number of nitrogens with zero attached hydrogens (tertiary/aromatic N) is 3. The van der Waals surface area contributed by atoms with Gasteiger partial charge in [0.25, 0.3) is 0 Å². The molecule has 1 amide bonds. The SMILES string of the molecule is C=CCn1c(SC(C)C(=O)Nc2cccc(Cl)c2)nnc1-c1ccccc1F. The lowest BCUT2D eigenvalue weighted by Crippen LogP contribution is -2.23. The third kappa shape index (κ3) is 4.61. The van der Waals surface area contributed by atoms with Crippen LogP contribution in [0.15, 0.2) is 66.3 Å². The molecule has 5 nitrogen and oxygen atoms in total. The topological polar surface area (TPSA) is 59.8 Å². The fourth-order valence-corrected chi connectivity index (χ4v) is 3.58. The zero-order valence-corrected chi connectivity index (χ0v) is 16.7. The highest BCUT2D eigenvalue weighted by Gasteiger charge is 2.21. The number of amides is 1. The smallest absolute Gasteiger partial charge is 0.237 e. The van der Waals surface area contributed by atoms with Gasteiger partial charge in [-0.25, -0.2) is 4.39 Å². The first kappa shape index (κ1) is 20.1. The van der Waals surface area contributed by atoms with E-state index in [-0.39, 0.29) is 11.7 Å². The number of hydrogen-bond donors (Lipinski definition) is 1. The minimum atomic E-state index is -0.458. The van der Waals surface area contributed by atoms with Crippen molar-refractivity contribution >= 4 is 35.0 Å². The Morgan fingerprint density at radius 3 is 2.82 bits per heavy atom. The zero-order valence-electron chi connectivity index (χ0n) is 15.1. The molecule has 0 saturated heterocycles. The van der Waals surface area contributed by atoms with Crippen LogP contribution in [0.3, 0.4) is 0 Å². The molecule has 1 atom stereocenters. The number of benzene rings is 2. The highest BCUT2D eigenvalue weighted by molar-refractivity contribution is 8.00. The molecule has 0 fully saturated rings. The van der Waals surface area contributed by atoms with Crippen LogP contribution in [0.5, 0.6) is 0 Å².